The van der Waals surface area contributed by atoms with Gasteiger partial charge in [0, 0.05) is 10.6 Å². The van der Waals surface area contributed by atoms with Gasteiger partial charge in [0.05, 0.1) is 5.04 Å². The Labute approximate surface area is 201 Å². The summed E-state index contributed by atoms with van der Waals surface area (Å²) in [5, 5.41) is 10.7. The number of allylic oxidation sites excluding steroid dienone is 1. The molecule has 0 spiro atoms. The molecule has 166 valence electrons. The lowest BCUT2D eigenvalue weighted by Gasteiger charge is -2.12. The molecule has 0 unspecified atom stereocenters. The zero-order valence-electron chi connectivity index (χ0n) is 19.0. The third-order valence-electron chi connectivity index (χ3n) is 4.75. The Morgan fingerprint density at radius 2 is 1.62 bits per heavy atom. The van der Waals surface area contributed by atoms with E-state index in [2.05, 4.69) is 39.1 Å². The maximum atomic E-state index is 7.89. The topological polar surface area (TPSA) is 33.1 Å². The molecule has 0 bridgehead atoms. The number of benzene rings is 3. The van der Waals surface area contributed by atoms with Crippen LogP contribution in [0.3, 0.4) is 0 Å². The highest BCUT2D eigenvalue weighted by molar-refractivity contribution is 8.16. The van der Waals surface area contributed by atoms with Gasteiger partial charge in [0.25, 0.3) is 0 Å². The van der Waals surface area contributed by atoms with Crippen LogP contribution in [0.15, 0.2) is 85.3 Å². The van der Waals surface area contributed by atoms with Gasteiger partial charge in [0.15, 0.2) is 0 Å². The van der Waals surface area contributed by atoms with Gasteiger partial charge < -0.3 is 4.74 Å². The first-order valence-electron chi connectivity index (χ1n) is 10.6. The zero-order valence-corrected chi connectivity index (χ0v) is 20.5. The molecule has 0 atom stereocenters. The lowest BCUT2D eigenvalue weighted by Crippen LogP contribution is -1.98. The minimum atomic E-state index is 0.463. The average Bonchev–Trinajstić information content (AvgIpc) is 2.80. The summed E-state index contributed by atoms with van der Waals surface area (Å²) in [6.45, 7) is 13.7. The maximum Gasteiger partial charge on any atom is 0.127 e. The summed E-state index contributed by atoms with van der Waals surface area (Å²) in [6.07, 6.45) is 1.94. The van der Waals surface area contributed by atoms with Gasteiger partial charge in [-0.25, -0.2) is 0 Å². The van der Waals surface area contributed by atoms with Crippen molar-refractivity contribution >= 4 is 34.0 Å². The summed E-state index contributed by atoms with van der Waals surface area (Å²) in [5.74, 6) is 1.76. The minimum absolute atomic E-state index is 0.463. The molecule has 0 saturated carbocycles. The molecule has 0 fully saturated rings. The fourth-order valence-electron chi connectivity index (χ4n) is 3.12. The summed E-state index contributed by atoms with van der Waals surface area (Å²) in [4.78, 5) is 0. The van der Waals surface area contributed by atoms with Crippen LogP contribution in [0, 0.1) is 5.41 Å². The Hall–Kier alpha value is -2.75. The van der Waals surface area contributed by atoms with Gasteiger partial charge in [0.1, 0.15) is 11.5 Å². The number of hydrogen-bond acceptors (Lipinski definition) is 3. The molecule has 3 aromatic rings. The van der Waals surface area contributed by atoms with Gasteiger partial charge in [-0.1, -0.05) is 80.7 Å². The number of nitrogens with one attached hydrogen (secondary N) is 1. The summed E-state index contributed by atoms with van der Waals surface area (Å²) in [6, 6.07) is 21.9. The van der Waals surface area contributed by atoms with E-state index in [0.717, 1.165) is 46.6 Å². The van der Waals surface area contributed by atoms with Crippen LogP contribution in [0.25, 0.3) is 5.57 Å². The Morgan fingerprint density at radius 1 is 1.00 bits per heavy atom. The van der Waals surface area contributed by atoms with Crippen LogP contribution in [0.1, 0.15) is 43.0 Å². The van der Waals surface area contributed by atoms with Gasteiger partial charge in [-0.2, -0.15) is 0 Å². The van der Waals surface area contributed by atoms with Crippen molar-refractivity contribution in [2.24, 2.45) is 0 Å². The SMILES string of the molecule is C=CSC(=N)c1cc(Cl)c(C(=C)C)c(CC)c1.CCc1ccc(Oc2ccccc2)cc1. The quantitative estimate of drug-likeness (QED) is 0.279. The van der Waals surface area contributed by atoms with Crippen molar-refractivity contribution in [1.29, 1.82) is 5.41 Å². The predicted octanol–water partition coefficient (Wildman–Crippen LogP) is 9.18. The van der Waals surface area contributed by atoms with Gasteiger partial charge in [-0.15, -0.1) is 0 Å². The average molecular weight is 464 g/mol. The molecule has 0 saturated heterocycles. The predicted molar refractivity (Wildman–Crippen MR) is 142 cm³/mol. The van der Waals surface area contributed by atoms with Crippen LogP contribution in [-0.2, 0) is 12.8 Å². The van der Waals surface area contributed by atoms with Gasteiger partial charge in [-0.05, 0) is 83.8 Å². The second kappa shape index (κ2) is 12.9. The van der Waals surface area contributed by atoms with Crippen molar-refractivity contribution in [3.63, 3.8) is 0 Å². The normalized spacial score (nSPS) is 10.0. The largest absolute Gasteiger partial charge is 0.457 e. The molecule has 0 aliphatic heterocycles. The van der Waals surface area contributed by atoms with E-state index in [1.165, 1.54) is 17.3 Å². The van der Waals surface area contributed by atoms with E-state index in [0.29, 0.717) is 10.1 Å². The molecule has 32 heavy (non-hydrogen) atoms. The maximum absolute atomic E-state index is 7.89. The molecule has 0 amide bonds. The summed E-state index contributed by atoms with van der Waals surface area (Å²) in [7, 11) is 0. The monoisotopic (exact) mass is 463 g/mol. The number of hydrogen-bond donors (Lipinski definition) is 1. The third kappa shape index (κ3) is 7.44. The van der Waals surface area contributed by atoms with E-state index in [-0.39, 0.29) is 0 Å². The van der Waals surface area contributed by atoms with Crippen molar-refractivity contribution < 1.29 is 4.74 Å². The molecule has 4 heteroatoms. The highest BCUT2D eigenvalue weighted by Gasteiger charge is 2.11. The van der Waals surface area contributed by atoms with E-state index >= 15 is 0 Å². The van der Waals surface area contributed by atoms with Crippen molar-refractivity contribution in [3.05, 3.63) is 113 Å². The van der Waals surface area contributed by atoms with Gasteiger partial charge >= 0.3 is 0 Å². The Balaban J connectivity index is 0.000000228. The summed E-state index contributed by atoms with van der Waals surface area (Å²) >= 11 is 7.55. The molecule has 0 aliphatic rings. The molecule has 1 N–H and O–H groups in total. The van der Waals surface area contributed by atoms with Crippen molar-refractivity contribution in [2.45, 2.75) is 33.6 Å². The van der Waals surface area contributed by atoms with Crippen LogP contribution in [0.4, 0.5) is 0 Å². The number of para-hydroxylation sites is 1. The van der Waals surface area contributed by atoms with Crippen molar-refractivity contribution in [2.75, 3.05) is 0 Å². The van der Waals surface area contributed by atoms with E-state index in [1.807, 2.05) is 61.5 Å². The van der Waals surface area contributed by atoms with Crippen molar-refractivity contribution in [3.8, 4) is 11.5 Å². The fraction of sp³-hybridized carbons (Fsp3) is 0.179. The van der Waals surface area contributed by atoms with Crippen molar-refractivity contribution in [1.82, 2.24) is 0 Å². The highest BCUT2D eigenvalue weighted by atomic mass is 35.5. The van der Waals surface area contributed by atoms with Crippen LogP contribution < -0.4 is 4.74 Å². The molecular formula is C28H30ClNOS. The number of rotatable bonds is 7. The third-order valence-corrected chi connectivity index (χ3v) is 5.69. The Bertz CT molecular complexity index is 1060. The summed E-state index contributed by atoms with van der Waals surface area (Å²) < 4.78 is 5.68. The van der Waals surface area contributed by atoms with E-state index < -0.39 is 0 Å². The van der Waals surface area contributed by atoms with Crippen LogP contribution in [-0.4, -0.2) is 5.04 Å². The second-order valence-electron chi connectivity index (χ2n) is 7.15. The van der Waals surface area contributed by atoms with Crippen LogP contribution in [0.5, 0.6) is 11.5 Å². The lowest BCUT2D eigenvalue weighted by molar-refractivity contribution is 0.482. The minimum Gasteiger partial charge on any atom is -0.457 e. The highest BCUT2D eigenvalue weighted by Crippen LogP contribution is 2.30. The lowest BCUT2D eigenvalue weighted by atomic mass is 9.97. The van der Waals surface area contributed by atoms with Crippen LogP contribution in [0.2, 0.25) is 5.02 Å². The fourth-order valence-corrected chi connectivity index (χ4v) is 3.94. The first-order valence-corrected chi connectivity index (χ1v) is 11.8. The second-order valence-corrected chi connectivity index (χ2v) is 8.54. The molecule has 0 aliphatic carbocycles. The zero-order chi connectivity index (χ0) is 23.5. The number of aryl methyl sites for hydroxylation is 2. The van der Waals surface area contributed by atoms with Gasteiger partial charge in [0.2, 0.25) is 0 Å². The Morgan fingerprint density at radius 3 is 2.16 bits per heavy atom. The first-order chi connectivity index (χ1) is 15.4. The van der Waals surface area contributed by atoms with Gasteiger partial charge in [-0.3, -0.25) is 5.41 Å². The molecule has 0 aromatic heterocycles. The van der Waals surface area contributed by atoms with E-state index in [9.17, 15) is 0 Å². The summed E-state index contributed by atoms with van der Waals surface area (Å²) in [5.41, 5.74) is 5.27. The molecule has 0 heterocycles. The number of thioether (sulfide) groups is 1. The Kier molecular flexibility index (Phi) is 10.3. The molecule has 2 nitrogen and oxygen atoms in total. The van der Waals surface area contributed by atoms with E-state index in [4.69, 9.17) is 21.7 Å². The number of ether oxygens (including phenoxy) is 1. The smallest absolute Gasteiger partial charge is 0.127 e. The molecule has 0 radical (unpaired) electrons. The first kappa shape index (κ1) is 25.5. The number of halogens is 1. The standard InChI is InChI=1S/C14H16ClNS.C14H14O/c1-5-10-7-11(14(16)17-6-2)8-12(15)13(10)9(3)4;1-2-12-8-10-14(11-9-12)15-13-6-4-3-5-7-13/h6-8,16H,2-3,5H2,1,4H3;3-11H,2H2,1H3. The molecule has 3 rings (SSSR count). The molecular weight excluding hydrogens is 434 g/mol. The molecule has 3 aromatic carbocycles. The van der Waals surface area contributed by atoms with Crippen LogP contribution >= 0.6 is 23.4 Å². The van der Waals surface area contributed by atoms with E-state index in [1.54, 1.807) is 5.41 Å².